The summed E-state index contributed by atoms with van der Waals surface area (Å²) < 4.78 is 4.82. The lowest BCUT2D eigenvalue weighted by Crippen LogP contribution is -2.50. The zero-order valence-corrected chi connectivity index (χ0v) is 11.5. The van der Waals surface area contributed by atoms with E-state index in [1.54, 1.807) is 0 Å². The van der Waals surface area contributed by atoms with Crippen molar-refractivity contribution >= 4 is 12.0 Å². The van der Waals surface area contributed by atoms with E-state index >= 15 is 0 Å². The minimum Gasteiger partial charge on any atom is -0.480 e. The van der Waals surface area contributed by atoms with E-state index in [4.69, 9.17) is 9.84 Å². The van der Waals surface area contributed by atoms with Crippen LogP contribution in [0.3, 0.4) is 0 Å². The first kappa shape index (κ1) is 15.7. The maximum atomic E-state index is 11.6. The second-order valence-electron chi connectivity index (χ2n) is 4.90. The van der Waals surface area contributed by atoms with Crippen LogP contribution < -0.4 is 10.6 Å². The summed E-state index contributed by atoms with van der Waals surface area (Å²) in [4.78, 5) is 24.1. The number of nitrogens with zero attached hydrogens (tertiary/aromatic N) is 1. The number of amides is 2. The van der Waals surface area contributed by atoms with Gasteiger partial charge in [-0.1, -0.05) is 0 Å². The molecule has 0 bridgehead atoms. The van der Waals surface area contributed by atoms with E-state index in [2.05, 4.69) is 29.5 Å². The first-order valence-corrected chi connectivity index (χ1v) is 6.53. The topological polar surface area (TPSA) is 90.9 Å². The number of aliphatic carboxylic acids is 1. The molecule has 0 aromatic rings. The second-order valence-corrected chi connectivity index (χ2v) is 4.90. The first-order chi connectivity index (χ1) is 8.99. The number of carbonyl (C=O) groups is 2. The quantitative estimate of drug-likeness (QED) is 0.586. The SMILES string of the molecule is CC1CC(NC(=O)NCCOCC(=O)O)CCN1C. The van der Waals surface area contributed by atoms with Crippen molar-refractivity contribution in [3.63, 3.8) is 0 Å². The average molecular weight is 273 g/mol. The van der Waals surface area contributed by atoms with Crippen LogP contribution in [-0.4, -0.2) is 67.4 Å². The van der Waals surface area contributed by atoms with Gasteiger partial charge in [0.05, 0.1) is 6.61 Å². The van der Waals surface area contributed by atoms with Crippen molar-refractivity contribution in [1.82, 2.24) is 15.5 Å². The number of hydrogen-bond acceptors (Lipinski definition) is 4. The van der Waals surface area contributed by atoms with Crippen LogP contribution in [0.4, 0.5) is 4.79 Å². The van der Waals surface area contributed by atoms with Gasteiger partial charge in [0.1, 0.15) is 6.61 Å². The van der Waals surface area contributed by atoms with E-state index in [9.17, 15) is 9.59 Å². The van der Waals surface area contributed by atoms with Crippen molar-refractivity contribution in [3.8, 4) is 0 Å². The molecule has 110 valence electrons. The van der Waals surface area contributed by atoms with Crippen molar-refractivity contribution < 1.29 is 19.4 Å². The Morgan fingerprint density at radius 3 is 2.84 bits per heavy atom. The molecular weight excluding hydrogens is 250 g/mol. The number of hydrogen-bond donors (Lipinski definition) is 3. The molecule has 0 radical (unpaired) electrons. The molecule has 1 saturated heterocycles. The Labute approximate surface area is 113 Å². The molecule has 0 aliphatic carbocycles. The molecule has 1 aliphatic rings. The molecule has 2 unspecified atom stereocenters. The third-order valence-corrected chi connectivity index (χ3v) is 3.30. The van der Waals surface area contributed by atoms with Gasteiger partial charge >= 0.3 is 12.0 Å². The van der Waals surface area contributed by atoms with Crippen LogP contribution in [0.2, 0.25) is 0 Å². The smallest absolute Gasteiger partial charge is 0.329 e. The fourth-order valence-corrected chi connectivity index (χ4v) is 2.05. The number of carbonyl (C=O) groups excluding carboxylic acids is 1. The molecule has 1 fully saturated rings. The molecule has 0 saturated carbocycles. The molecule has 2 amide bonds. The summed E-state index contributed by atoms with van der Waals surface area (Å²) in [6, 6.07) is 0.449. The maximum Gasteiger partial charge on any atom is 0.329 e. The summed E-state index contributed by atoms with van der Waals surface area (Å²) in [7, 11) is 2.08. The fraction of sp³-hybridized carbons (Fsp3) is 0.833. The van der Waals surface area contributed by atoms with Gasteiger partial charge in [0.25, 0.3) is 0 Å². The molecule has 7 nitrogen and oxygen atoms in total. The van der Waals surface area contributed by atoms with Gasteiger partial charge in [-0.2, -0.15) is 0 Å². The molecule has 0 aromatic carbocycles. The van der Waals surface area contributed by atoms with Gasteiger partial charge in [-0.25, -0.2) is 9.59 Å². The van der Waals surface area contributed by atoms with Gasteiger partial charge in [-0.05, 0) is 26.8 Å². The largest absolute Gasteiger partial charge is 0.480 e. The number of ether oxygens (including phenoxy) is 1. The van der Waals surface area contributed by atoms with Crippen LogP contribution >= 0.6 is 0 Å². The number of piperidine rings is 1. The van der Waals surface area contributed by atoms with Crippen molar-refractivity contribution in [2.45, 2.75) is 31.8 Å². The molecule has 1 heterocycles. The first-order valence-electron chi connectivity index (χ1n) is 6.53. The van der Waals surface area contributed by atoms with Crippen LogP contribution in [0.15, 0.2) is 0 Å². The van der Waals surface area contributed by atoms with E-state index in [0.717, 1.165) is 19.4 Å². The van der Waals surface area contributed by atoms with E-state index in [-0.39, 0.29) is 25.3 Å². The number of carboxylic acids is 1. The zero-order valence-electron chi connectivity index (χ0n) is 11.5. The summed E-state index contributed by atoms with van der Waals surface area (Å²) in [6.45, 7) is 3.29. The minimum absolute atomic E-state index is 0.198. The van der Waals surface area contributed by atoms with Gasteiger partial charge < -0.3 is 25.4 Å². The summed E-state index contributed by atoms with van der Waals surface area (Å²) >= 11 is 0. The lowest BCUT2D eigenvalue weighted by Gasteiger charge is -2.35. The van der Waals surface area contributed by atoms with Crippen LogP contribution in [0.5, 0.6) is 0 Å². The molecule has 7 heteroatoms. The van der Waals surface area contributed by atoms with E-state index < -0.39 is 5.97 Å². The third-order valence-electron chi connectivity index (χ3n) is 3.30. The highest BCUT2D eigenvalue weighted by Gasteiger charge is 2.23. The number of nitrogens with one attached hydrogen (secondary N) is 2. The Bertz CT molecular complexity index is 311. The van der Waals surface area contributed by atoms with E-state index in [1.807, 2.05) is 0 Å². The van der Waals surface area contributed by atoms with Gasteiger partial charge in [-0.3, -0.25) is 0 Å². The molecule has 1 aliphatic heterocycles. The summed E-state index contributed by atoms with van der Waals surface area (Å²) in [6.07, 6.45) is 1.89. The Morgan fingerprint density at radius 1 is 1.47 bits per heavy atom. The highest BCUT2D eigenvalue weighted by atomic mass is 16.5. The van der Waals surface area contributed by atoms with Crippen molar-refractivity contribution in [3.05, 3.63) is 0 Å². The predicted molar refractivity (Wildman–Crippen MR) is 70.1 cm³/mol. The maximum absolute atomic E-state index is 11.6. The molecule has 0 aromatic heterocycles. The molecule has 3 N–H and O–H groups in total. The fourth-order valence-electron chi connectivity index (χ4n) is 2.05. The number of rotatable bonds is 6. The second kappa shape index (κ2) is 7.96. The molecule has 19 heavy (non-hydrogen) atoms. The lowest BCUT2D eigenvalue weighted by atomic mass is 9.99. The van der Waals surface area contributed by atoms with E-state index in [1.165, 1.54) is 0 Å². The summed E-state index contributed by atoms with van der Waals surface area (Å²) in [5.74, 6) is -1.01. The molecule has 2 atom stereocenters. The predicted octanol–water partition coefficient (Wildman–Crippen LogP) is -0.130. The Kier molecular flexibility index (Phi) is 6.58. The van der Waals surface area contributed by atoms with Gasteiger partial charge in [-0.15, -0.1) is 0 Å². The third kappa shape index (κ3) is 6.40. The Morgan fingerprint density at radius 2 is 2.21 bits per heavy atom. The average Bonchev–Trinajstić information content (AvgIpc) is 2.33. The van der Waals surface area contributed by atoms with Crippen molar-refractivity contribution in [2.24, 2.45) is 0 Å². The summed E-state index contributed by atoms with van der Waals surface area (Å²) in [5.41, 5.74) is 0. The number of likely N-dealkylation sites (tertiary alicyclic amines) is 1. The van der Waals surface area contributed by atoms with E-state index in [0.29, 0.717) is 12.6 Å². The number of urea groups is 1. The highest BCUT2D eigenvalue weighted by molar-refractivity contribution is 5.74. The zero-order chi connectivity index (χ0) is 14.3. The number of carboxylic acid groups (broad SMARTS) is 1. The van der Waals surface area contributed by atoms with Crippen LogP contribution in [0, 0.1) is 0 Å². The molecule has 0 spiro atoms. The van der Waals surface area contributed by atoms with Gasteiger partial charge in [0.15, 0.2) is 0 Å². The van der Waals surface area contributed by atoms with Gasteiger partial charge in [0, 0.05) is 25.2 Å². The standard InChI is InChI=1S/C12H23N3O4/c1-9-7-10(3-5-15(9)2)14-12(18)13-4-6-19-8-11(16)17/h9-10H,3-8H2,1-2H3,(H,16,17)(H2,13,14,18). The Hall–Kier alpha value is -1.34. The van der Waals surface area contributed by atoms with Crippen LogP contribution in [0.25, 0.3) is 0 Å². The summed E-state index contributed by atoms with van der Waals surface area (Å²) in [5, 5.41) is 13.9. The van der Waals surface area contributed by atoms with Crippen LogP contribution in [-0.2, 0) is 9.53 Å². The van der Waals surface area contributed by atoms with Crippen molar-refractivity contribution in [1.29, 1.82) is 0 Å². The molecular formula is C12H23N3O4. The normalized spacial score (nSPS) is 23.9. The van der Waals surface area contributed by atoms with Gasteiger partial charge in [0.2, 0.25) is 0 Å². The lowest BCUT2D eigenvalue weighted by molar-refractivity contribution is -0.142. The minimum atomic E-state index is -1.01. The molecule has 1 rings (SSSR count). The Balaban J connectivity index is 2.09. The van der Waals surface area contributed by atoms with Crippen molar-refractivity contribution in [2.75, 3.05) is 33.4 Å². The monoisotopic (exact) mass is 273 g/mol. The highest BCUT2D eigenvalue weighted by Crippen LogP contribution is 2.14. The van der Waals surface area contributed by atoms with Crippen LogP contribution in [0.1, 0.15) is 19.8 Å².